The highest BCUT2D eigenvalue weighted by molar-refractivity contribution is 5.66. The van der Waals surface area contributed by atoms with Crippen molar-refractivity contribution >= 4 is 11.7 Å². The minimum Gasteiger partial charge on any atom is -0.481 e. The Balaban J connectivity index is 2.83. The second-order valence-electron chi connectivity index (χ2n) is 2.92. The van der Waals surface area contributed by atoms with Crippen molar-refractivity contribution in [1.29, 1.82) is 0 Å². The van der Waals surface area contributed by atoms with Gasteiger partial charge in [0.2, 0.25) is 0 Å². The Morgan fingerprint density at radius 3 is 2.94 bits per heavy atom. The van der Waals surface area contributed by atoms with Crippen molar-refractivity contribution in [1.82, 2.24) is 9.78 Å². The molecule has 0 aromatic carbocycles. The smallest absolute Gasteiger partial charge is 0.350 e. The summed E-state index contributed by atoms with van der Waals surface area (Å²) in [5, 5.41) is 22.8. The lowest BCUT2D eigenvalue weighted by Crippen LogP contribution is -2.05. The Morgan fingerprint density at radius 2 is 2.44 bits per heavy atom. The maximum absolute atomic E-state index is 10.6. The third-order valence-electron chi connectivity index (χ3n) is 1.74. The van der Waals surface area contributed by atoms with Gasteiger partial charge in [-0.1, -0.05) is 0 Å². The van der Waals surface area contributed by atoms with E-state index >= 15 is 0 Å². The molecular formula is C8H11N3O5. The van der Waals surface area contributed by atoms with E-state index in [2.05, 4.69) is 5.10 Å². The van der Waals surface area contributed by atoms with E-state index in [1.807, 2.05) is 0 Å². The minimum atomic E-state index is -0.990. The third-order valence-corrected chi connectivity index (χ3v) is 1.74. The number of carbonyl (C=O) groups is 1. The molecule has 0 atom stereocenters. The third kappa shape index (κ3) is 2.94. The summed E-state index contributed by atoms with van der Waals surface area (Å²) >= 11 is 0. The molecule has 88 valence electrons. The molecule has 0 bridgehead atoms. The van der Waals surface area contributed by atoms with Crippen LogP contribution in [0.25, 0.3) is 0 Å². The Kier molecular flexibility index (Phi) is 3.81. The van der Waals surface area contributed by atoms with Gasteiger partial charge in [0.1, 0.15) is 6.20 Å². The summed E-state index contributed by atoms with van der Waals surface area (Å²) in [6, 6.07) is 0. The molecule has 0 aliphatic carbocycles. The average molecular weight is 229 g/mol. The second kappa shape index (κ2) is 5.10. The molecule has 16 heavy (non-hydrogen) atoms. The number of hydrogen-bond acceptors (Lipinski definition) is 5. The summed E-state index contributed by atoms with van der Waals surface area (Å²) in [6.07, 6.45) is 1.01. The molecule has 0 saturated carbocycles. The molecule has 0 fully saturated rings. The van der Waals surface area contributed by atoms with Crippen molar-refractivity contribution in [3.05, 3.63) is 16.3 Å². The van der Waals surface area contributed by atoms with Crippen LogP contribution in [0, 0.1) is 10.1 Å². The molecule has 0 spiro atoms. The van der Waals surface area contributed by atoms with Crippen molar-refractivity contribution in [3.63, 3.8) is 0 Å². The molecule has 1 aromatic rings. The van der Waals surface area contributed by atoms with Crippen LogP contribution in [0.15, 0.2) is 6.20 Å². The first-order chi connectivity index (χ1) is 7.54. The van der Waals surface area contributed by atoms with E-state index in [0.717, 1.165) is 6.20 Å². The number of aryl methyl sites for hydroxylation is 1. The van der Waals surface area contributed by atoms with Crippen LogP contribution in [0.3, 0.4) is 0 Å². The van der Waals surface area contributed by atoms with E-state index in [1.165, 1.54) is 4.68 Å². The monoisotopic (exact) mass is 229 g/mol. The molecule has 0 unspecified atom stereocenters. The van der Waals surface area contributed by atoms with Gasteiger partial charge >= 0.3 is 17.5 Å². The Morgan fingerprint density at radius 1 is 1.75 bits per heavy atom. The van der Waals surface area contributed by atoms with Gasteiger partial charge in [0, 0.05) is 0 Å². The van der Waals surface area contributed by atoms with Crippen LogP contribution in [0.5, 0.6) is 5.88 Å². The van der Waals surface area contributed by atoms with Gasteiger partial charge in [-0.15, -0.1) is 5.10 Å². The molecule has 0 saturated heterocycles. The fourth-order valence-corrected chi connectivity index (χ4v) is 1.08. The van der Waals surface area contributed by atoms with E-state index in [0.29, 0.717) is 0 Å². The van der Waals surface area contributed by atoms with Gasteiger partial charge < -0.3 is 9.84 Å². The molecule has 8 heteroatoms. The van der Waals surface area contributed by atoms with Crippen LogP contribution >= 0.6 is 0 Å². The summed E-state index contributed by atoms with van der Waals surface area (Å²) in [4.78, 5) is 20.3. The van der Waals surface area contributed by atoms with E-state index in [4.69, 9.17) is 9.84 Å². The van der Waals surface area contributed by atoms with E-state index in [9.17, 15) is 14.9 Å². The van der Waals surface area contributed by atoms with Gasteiger partial charge in [-0.2, -0.15) is 0 Å². The molecule has 1 heterocycles. The summed E-state index contributed by atoms with van der Waals surface area (Å²) in [5.41, 5.74) is -0.257. The van der Waals surface area contributed by atoms with E-state index in [1.54, 1.807) is 6.92 Å². The number of nitrogens with zero attached hydrogens (tertiary/aromatic N) is 3. The van der Waals surface area contributed by atoms with Crippen LogP contribution < -0.4 is 4.74 Å². The highest BCUT2D eigenvalue weighted by atomic mass is 16.6. The largest absolute Gasteiger partial charge is 0.481 e. The maximum Gasteiger partial charge on any atom is 0.350 e. The Labute approximate surface area is 90.6 Å². The highest BCUT2D eigenvalue weighted by Crippen LogP contribution is 2.24. The van der Waals surface area contributed by atoms with Crippen LogP contribution in [0.2, 0.25) is 0 Å². The lowest BCUT2D eigenvalue weighted by molar-refractivity contribution is -0.385. The van der Waals surface area contributed by atoms with Crippen molar-refractivity contribution in [2.75, 3.05) is 6.61 Å². The second-order valence-corrected chi connectivity index (χ2v) is 2.92. The zero-order valence-corrected chi connectivity index (χ0v) is 8.62. The minimum absolute atomic E-state index is 0.0727. The van der Waals surface area contributed by atoms with Crippen molar-refractivity contribution < 1.29 is 19.6 Å². The van der Waals surface area contributed by atoms with Crippen LogP contribution in [0.4, 0.5) is 5.69 Å². The number of nitro groups is 1. The lowest BCUT2D eigenvalue weighted by Gasteiger charge is -1.97. The summed E-state index contributed by atoms with van der Waals surface area (Å²) in [5.74, 6) is -1.07. The van der Waals surface area contributed by atoms with E-state index in [-0.39, 0.29) is 31.1 Å². The summed E-state index contributed by atoms with van der Waals surface area (Å²) in [7, 11) is 0. The maximum atomic E-state index is 10.6. The SMILES string of the molecule is CCOc1nn(CCC(=O)O)cc1[N+](=O)[O-]. The Hall–Kier alpha value is -2.12. The first-order valence-electron chi connectivity index (χ1n) is 4.61. The zero-order valence-electron chi connectivity index (χ0n) is 8.62. The van der Waals surface area contributed by atoms with Gasteiger partial charge in [-0.05, 0) is 6.92 Å². The fourth-order valence-electron chi connectivity index (χ4n) is 1.08. The van der Waals surface area contributed by atoms with Crippen LogP contribution in [-0.2, 0) is 11.3 Å². The number of carboxylic acids is 1. The van der Waals surface area contributed by atoms with Gasteiger partial charge in [0.05, 0.1) is 24.5 Å². The van der Waals surface area contributed by atoms with E-state index < -0.39 is 10.9 Å². The van der Waals surface area contributed by atoms with Gasteiger partial charge in [-0.25, -0.2) is 0 Å². The number of aliphatic carboxylic acids is 1. The van der Waals surface area contributed by atoms with Gasteiger partial charge in [0.15, 0.2) is 0 Å². The van der Waals surface area contributed by atoms with Crippen molar-refractivity contribution in [2.24, 2.45) is 0 Å². The molecule has 0 amide bonds. The van der Waals surface area contributed by atoms with Crippen molar-refractivity contribution in [3.8, 4) is 5.88 Å². The number of rotatable bonds is 6. The Bertz CT molecular complexity index is 400. The van der Waals surface area contributed by atoms with Crippen molar-refractivity contribution in [2.45, 2.75) is 19.9 Å². The normalized spacial score (nSPS) is 10.1. The van der Waals surface area contributed by atoms with Gasteiger partial charge in [-0.3, -0.25) is 19.6 Å². The lowest BCUT2D eigenvalue weighted by atomic mass is 10.4. The first kappa shape index (κ1) is 12.0. The molecule has 8 nitrogen and oxygen atoms in total. The first-order valence-corrected chi connectivity index (χ1v) is 4.61. The molecule has 1 N–H and O–H groups in total. The predicted molar refractivity (Wildman–Crippen MR) is 52.3 cm³/mol. The van der Waals surface area contributed by atoms with Gasteiger partial charge in [0.25, 0.3) is 0 Å². The summed E-state index contributed by atoms with van der Waals surface area (Å²) in [6.45, 7) is 2.01. The van der Waals surface area contributed by atoms with Crippen LogP contribution in [-0.4, -0.2) is 32.4 Å². The molecule has 0 radical (unpaired) electrons. The quantitative estimate of drug-likeness (QED) is 0.567. The zero-order chi connectivity index (χ0) is 12.1. The number of aromatic nitrogens is 2. The predicted octanol–water partition coefficient (Wildman–Crippen LogP) is 0.665. The molecular weight excluding hydrogens is 218 g/mol. The standard InChI is InChI=1S/C8H11N3O5/c1-2-16-8-6(11(14)15)5-10(9-8)4-3-7(12)13/h5H,2-4H2,1H3,(H,12,13). The molecule has 1 aromatic heterocycles. The topological polar surface area (TPSA) is 107 Å². The number of ether oxygens (including phenoxy) is 1. The molecule has 0 aliphatic rings. The highest BCUT2D eigenvalue weighted by Gasteiger charge is 2.20. The fraction of sp³-hybridized carbons (Fsp3) is 0.500. The number of carboxylic acid groups (broad SMARTS) is 1. The number of hydrogen-bond donors (Lipinski definition) is 1. The summed E-state index contributed by atoms with van der Waals surface area (Å²) < 4.78 is 6.16. The van der Waals surface area contributed by atoms with Crippen LogP contribution in [0.1, 0.15) is 13.3 Å². The average Bonchev–Trinajstić information content (AvgIpc) is 2.59. The molecule has 1 rings (SSSR count). The molecule has 0 aliphatic heterocycles.